The first kappa shape index (κ1) is 20.9. The summed E-state index contributed by atoms with van der Waals surface area (Å²) in [7, 11) is -3.39. The van der Waals surface area contributed by atoms with Crippen LogP contribution in [-0.2, 0) is 35.7 Å². The van der Waals surface area contributed by atoms with Crippen LogP contribution >= 0.6 is 0 Å². The van der Waals surface area contributed by atoms with Crippen molar-refractivity contribution in [1.29, 1.82) is 0 Å². The van der Waals surface area contributed by atoms with Crippen LogP contribution in [0.2, 0.25) is 0 Å². The lowest BCUT2D eigenvalue weighted by Gasteiger charge is -2.11. The molecule has 156 valence electrons. The number of amides is 2. The molecule has 12 heteroatoms. The maximum atomic E-state index is 13.2. The van der Waals surface area contributed by atoms with Crippen molar-refractivity contribution >= 4 is 27.5 Å². The number of aliphatic hydroxyl groups excluding tert-OH is 1. The van der Waals surface area contributed by atoms with E-state index in [1.807, 2.05) is 0 Å². The van der Waals surface area contributed by atoms with E-state index in [2.05, 4.69) is 15.7 Å². The fourth-order valence-electron chi connectivity index (χ4n) is 2.79. The van der Waals surface area contributed by atoms with Gasteiger partial charge in [-0.15, -0.1) is 0 Å². The molecule has 1 aromatic carbocycles. The van der Waals surface area contributed by atoms with Gasteiger partial charge in [0, 0.05) is 12.1 Å². The number of carbonyl (C=O) groups is 2. The summed E-state index contributed by atoms with van der Waals surface area (Å²) in [6.07, 6.45) is 0. The summed E-state index contributed by atoms with van der Waals surface area (Å²) in [6.45, 7) is 0.117. The van der Waals surface area contributed by atoms with Crippen LogP contribution in [0.15, 0.2) is 24.3 Å². The van der Waals surface area contributed by atoms with Crippen LogP contribution in [0.25, 0.3) is 5.69 Å². The topological polar surface area (TPSA) is 140 Å². The molecule has 0 atom stereocenters. The van der Waals surface area contributed by atoms with Gasteiger partial charge in [-0.1, -0.05) is 0 Å². The summed E-state index contributed by atoms with van der Waals surface area (Å²) in [4.78, 5) is 24.3. The summed E-state index contributed by atoms with van der Waals surface area (Å²) in [5.74, 6) is -2.99. The molecule has 0 fully saturated rings. The number of nitrogens with one attached hydrogen (secondary N) is 2. The third kappa shape index (κ3) is 4.96. The molecule has 29 heavy (non-hydrogen) atoms. The molecule has 0 saturated heterocycles. The molecule has 1 aromatic heterocycles. The van der Waals surface area contributed by atoms with Crippen molar-refractivity contribution in [2.24, 2.45) is 0 Å². The zero-order chi connectivity index (χ0) is 21.0. The SMILES string of the molecule is O=C(NCCOCCO)C(=O)Nc1c2c(nn1-c1ccc(F)cc1)CS(=O)(=O)C2. The van der Waals surface area contributed by atoms with E-state index in [4.69, 9.17) is 9.84 Å². The first-order valence-electron chi connectivity index (χ1n) is 8.65. The Morgan fingerprint density at radius 2 is 1.90 bits per heavy atom. The van der Waals surface area contributed by atoms with E-state index in [-0.39, 0.29) is 49.4 Å². The largest absolute Gasteiger partial charge is 0.394 e. The number of halogens is 1. The van der Waals surface area contributed by atoms with E-state index in [9.17, 15) is 22.4 Å². The molecule has 1 aliphatic rings. The second-order valence-electron chi connectivity index (χ2n) is 6.24. The number of aliphatic hydroxyl groups is 1. The van der Waals surface area contributed by atoms with Gasteiger partial charge in [-0.3, -0.25) is 9.59 Å². The molecule has 10 nitrogen and oxygen atoms in total. The van der Waals surface area contributed by atoms with E-state index >= 15 is 0 Å². The number of anilines is 1. The number of fused-ring (bicyclic) bond motifs is 1. The van der Waals surface area contributed by atoms with Gasteiger partial charge in [-0.2, -0.15) is 5.10 Å². The minimum atomic E-state index is -3.39. The zero-order valence-corrected chi connectivity index (χ0v) is 16.0. The first-order valence-corrected chi connectivity index (χ1v) is 10.5. The van der Waals surface area contributed by atoms with E-state index in [1.54, 1.807) is 0 Å². The summed E-state index contributed by atoms with van der Waals surface area (Å²) < 4.78 is 43.3. The summed E-state index contributed by atoms with van der Waals surface area (Å²) >= 11 is 0. The maximum Gasteiger partial charge on any atom is 0.314 e. The second-order valence-corrected chi connectivity index (χ2v) is 8.30. The van der Waals surface area contributed by atoms with Crippen LogP contribution in [0.5, 0.6) is 0 Å². The number of aromatic nitrogens is 2. The second kappa shape index (κ2) is 8.68. The lowest BCUT2D eigenvalue weighted by molar-refractivity contribution is -0.136. The van der Waals surface area contributed by atoms with Gasteiger partial charge in [-0.05, 0) is 24.3 Å². The molecule has 2 heterocycles. The summed E-state index contributed by atoms with van der Waals surface area (Å²) in [6, 6.07) is 5.23. The Morgan fingerprint density at radius 3 is 2.59 bits per heavy atom. The molecular weight excluding hydrogens is 407 g/mol. The average molecular weight is 426 g/mol. The molecule has 0 bridgehead atoms. The van der Waals surface area contributed by atoms with Crippen molar-refractivity contribution in [2.75, 3.05) is 31.7 Å². The highest BCUT2D eigenvalue weighted by atomic mass is 32.2. The number of benzene rings is 1. The fraction of sp³-hybridized carbons (Fsp3) is 0.353. The molecule has 0 spiro atoms. The minimum absolute atomic E-state index is 0.0457. The van der Waals surface area contributed by atoms with Crippen LogP contribution in [0.1, 0.15) is 11.3 Å². The van der Waals surface area contributed by atoms with E-state index in [0.29, 0.717) is 11.3 Å². The normalized spacial score (nSPS) is 14.4. The lowest BCUT2D eigenvalue weighted by atomic mass is 10.2. The van der Waals surface area contributed by atoms with Crippen LogP contribution in [0.4, 0.5) is 10.2 Å². The molecule has 0 saturated carbocycles. The van der Waals surface area contributed by atoms with Crippen molar-refractivity contribution in [3.8, 4) is 5.69 Å². The van der Waals surface area contributed by atoms with Crippen molar-refractivity contribution in [2.45, 2.75) is 11.5 Å². The van der Waals surface area contributed by atoms with Gasteiger partial charge in [0.15, 0.2) is 9.84 Å². The Labute approximate surface area is 165 Å². The molecule has 1 aliphatic heterocycles. The predicted molar refractivity (Wildman–Crippen MR) is 99.4 cm³/mol. The number of hydrogen-bond donors (Lipinski definition) is 3. The van der Waals surface area contributed by atoms with Crippen molar-refractivity contribution in [3.63, 3.8) is 0 Å². The molecule has 0 unspecified atom stereocenters. The standard InChI is InChI=1S/C17H19FN4O6S/c18-11-1-3-12(4-2-11)22-15(13-9-29(26,27)10-14(13)21-22)20-17(25)16(24)19-5-7-28-8-6-23/h1-4,23H,5-10H2,(H,19,24)(H,20,25). The monoisotopic (exact) mass is 426 g/mol. The van der Waals surface area contributed by atoms with Crippen LogP contribution in [0.3, 0.4) is 0 Å². The van der Waals surface area contributed by atoms with Gasteiger partial charge in [0.25, 0.3) is 0 Å². The molecule has 2 amide bonds. The van der Waals surface area contributed by atoms with Gasteiger partial charge in [-0.25, -0.2) is 17.5 Å². The van der Waals surface area contributed by atoms with Crippen molar-refractivity contribution in [1.82, 2.24) is 15.1 Å². The summed E-state index contributed by atoms with van der Waals surface area (Å²) in [5.41, 5.74) is 0.954. The van der Waals surface area contributed by atoms with Crippen molar-refractivity contribution < 1.29 is 32.2 Å². The third-order valence-electron chi connectivity index (χ3n) is 4.06. The third-order valence-corrected chi connectivity index (χ3v) is 5.51. The van der Waals surface area contributed by atoms with Gasteiger partial charge in [0.05, 0.1) is 42.7 Å². The molecular formula is C17H19FN4O6S. The minimum Gasteiger partial charge on any atom is -0.394 e. The fourth-order valence-corrected chi connectivity index (χ4v) is 4.28. The highest BCUT2D eigenvalue weighted by Gasteiger charge is 2.33. The van der Waals surface area contributed by atoms with Gasteiger partial charge >= 0.3 is 11.8 Å². The Hall–Kier alpha value is -2.83. The van der Waals surface area contributed by atoms with E-state index in [0.717, 1.165) is 0 Å². The van der Waals surface area contributed by atoms with Crippen molar-refractivity contribution in [3.05, 3.63) is 41.3 Å². The highest BCUT2D eigenvalue weighted by Crippen LogP contribution is 2.32. The number of hydrogen-bond acceptors (Lipinski definition) is 7. The molecule has 0 radical (unpaired) electrons. The number of ether oxygens (including phenoxy) is 1. The Morgan fingerprint density at radius 1 is 1.17 bits per heavy atom. The lowest BCUT2D eigenvalue weighted by Crippen LogP contribution is -2.37. The molecule has 2 aromatic rings. The van der Waals surface area contributed by atoms with Crippen LogP contribution in [-0.4, -0.2) is 61.5 Å². The smallest absolute Gasteiger partial charge is 0.314 e. The number of sulfone groups is 1. The van der Waals surface area contributed by atoms with Gasteiger partial charge in [0.2, 0.25) is 0 Å². The maximum absolute atomic E-state index is 13.2. The average Bonchev–Trinajstić information content (AvgIpc) is 3.14. The number of nitrogens with zero attached hydrogens (tertiary/aromatic N) is 2. The first-order chi connectivity index (χ1) is 13.8. The Balaban J connectivity index is 1.79. The highest BCUT2D eigenvalue weighted by molar-refractivity contribution is 7.90. The molecule has 3 N–H and O–H groups in total. The zero-order valence-electron chi connectivity index (χ0n) is 15.2. The Bertz CT molecular complexity index is 1020. The van der Waals surface area contributed by atoms with Gasteiger partial charge < -0.3 is 20.5 Å². The van der Waals surface area contributed by atoms with Crippen LogP contribution in [0, 0.1) is 5.82 Å². The van der Waals surface area contributed by atoms with Crippen LogP contribution < -0.4 is 10.6 Å². The number of carbonyl (C=O) groups excluding carboxylic acids is 2. The number of rotatable bonds is 7. The molecule has 0 aliphatic carbocycles. The van der Waals surface area contributed by atoms with E-state index in [1.165, 1.54) is 28.9 Å². The molecule has 3 rings (SSSR count). The quantitative estimate of drug-likeness (QED) is 0.401. The predicted octanol–water partition coefficient (Wildman–Crippen LogP) is -0.497. The van der Waals surface area contributed by atoms with Gasteiger partial charge in [0.1, 0.15) is 11.6 Å². The summed E-state index contributed by atoms with van der Waals surface area (Å²) in [5, 5.41) is 17.6. The Kier molecular flexibility index (Phi) is 6.25. The van der Waals surface area contributed by atoms with E-state index < -0.39 is 27.5 Å².